The van der Waals surface area contributed by atoms with Crippen LogP contribution < -0.4 is 11.3 Å². The van der Waals surface area contributed by atoms with Gasteiger partial charge < -0.3 is 8.83 Å². The molecule has 282 valence electrons. The highest BCUT2D eigenvalue weighted by molar-refractivity contribution is 6.13. The Kier molecular flexibility index (Phi) is 7.91. The summed E-state index contributed by atoms with van der Waals surface area (Å²) in [5.41, 5.74) is 7.66. The van der Waals surface area contributed by atoms with Crippen molar-refractivity contribution in [2.45, 2.75) is 52.4 Å². The first-order valence-electron chi connectivity index (χ1n) is 19.9. The van der Waals surface area contributed by atoms with Crippen LogP contribution in [-0.4, -0.2) is 0 Å². The molecule has 0 radical (unpaired) electrons. The van der Waals surface area contributed by atoms with Gasteiger partial charge in [0.2, 0.25) is 0 Å². The van der Waals surface area contributed by atoms with Gasteiger partial charge in [0, 0.05) is 10.8 Å². The van der Waals surface area contributed by atoms with E-state index >= 15 is 0 Å². The van der Waals surface area contributed by atoms with E-state index in [-0.39, 0.29) is 22.1 Å². The van der Waals surface area contributed by atoms with E-state index in [0.29, 0.717) is 22.3 Å². The molecule has 10 aromatic rings. The second kappa shape index (κ2) is 12.9. The highest BCUT2D eigenvalue weighted by Crippen LogP contribution is 2.41. The molecule has 4 nitrogen and oxygen atoms in total. The first-order valence-corrected chi connectivity index (χ1v) is 19.9. The fraction of sp³-hybridized carbons (Fsp3) is 0.148. The minimum absolute atomic E-state index is 0.0153. The summed E-state index contributed by atoms with van der Waals surface area (Å²) >= 11 is 0. The fourth-order valence-electron chi connectivity index (χ4n) is 8.73. The van der Waals surface area contributed by atoms with Crippen molar-refractivity contribution in [3.05, 3.63) is 178 Å². The van der Waals surface area contributed by atoms with Crippen molar-refractivity contribution in [2.24, 2.45) is 0 Å². The van der Waals surface area contributed by atoms with E-state index in [4.69, 9.17) is 8.83 Å². The number of rotatable bonds is 3. The van der Waals surface area contributed by atoms with Gasteiger partial charge >= 0.3 is 11.3 Å². The lowest BCUT2D eigenvalue weighted by atomic mass is 9.85. The summed E-state index contributed by atoms with van der Waals surface area (Å²) < 4.78 is 12.0. The zero-order chi connectivity index (χ0) is 40.1. The maximum absolute atomic E-state index is 13.7. The van der Waals surface area contributed by atoms with Crippen molar-refractivity contribution in [1.82, 2.24) is 0 Å². The molecule has 0 saturated heterocycles. The van der Waals surface area contributed by atoms with E-state index < -0.39 is 0 Å². The maximum atomic E-state index is 13.7. The van der Waals surface area contributed by atoms with E-state index in [1.165, 1.54) is 11.1 Å². The number of benzene rings is 8. The fourth-order valence-corrected chi connectivity index (χ4v) is 8.73. The van der Waals surface area contributed by atoms with Gasteiger partial charge in [-0.15, -0.1) is 0 Å². The second-order valence-corrected chi connectivity index (χ2v) is 17.6. The largest absolute Gasteiger partial charge is 0.422 e. The molecule has 0 bridgehead atoms. The Labute approximate surface area is 336 Å². The molecule has 8 aromatic carbocycles. The Hall–Kier alpha value is -6.78. The van der Waals surface area contributed by atoms with Crippen LogP contribution >= 0.6 is 0 Å². The summed E-state index contributed by atoms with van der Waals surface area (Å²) in [5, 5.41) is 10.1. The van der Waals surface area contributed by atoms with Gasteiger partial charge in [-0.1, -0.05) is 163 Å². The lowest BCUT2D eigenvalue weighted by molar-refractivity contribution is 0.563. The second-order valence-electron chi connectivity index (χ2n) is 17.6. The Balaban J connectivity index is 1.13. The molecule has 0 aliphatic carbocycles. The van der Waals surface area contributed by atoms with Crippen LogP contribution in [0.2, 0.25) is 0 Å². The predicted octanol–water partition coefficient (Wildman–Crippen LogP) is 14.1. The van der Waals surface area contributed by atoms with Crippen LogP contribution in [0.3, 0.4) is 0 Å². The molecule has 0 atom stereocenters. The molecule has 0 aliphatic rings. The van der Waals surface area contributed by atoms with Crippen molar-refractivity contribution in [3.63, 3.8) is 0 Å². The van der Waals surface area contributed by atoms with Crippen molar-refractivity contribution in [3.8, 4) is 33.4 Å². The molecule has 4 heteroatoms. The average molecular weight is 755 g/mol. The molecule has 0 spiro atoms. The van der Waals surface area contributed by atoms with E-state index in [1.54, 1.807) is 0 Å². The van der Waals surface area contributed by atoms with Crippen molar-refractivity contribution in [1.29, 1.82) is 0 Å². The van der Waals surface area contributed by atoms with E-state index in [9.17, 15) is 9.59 Å². The highest BCUT2D eigenvalue weighted by atomic mass is 16.4. The molecule has 2 aromatic heterocycles. The SMILES string of the molecule is CC(C)(C)c1ccc2c(ccc3oc(=O)c(-c4cccc5c(-c6cccc7c(-c8cc9c(ccc%10cc(C(C)(C)C)ccc%109)oc8=O)cccc67)cccc45)cc32)c1. The third kappa shape index (κ3) is 5.74. The molecular weight excluding hydrogens is 713 g/mol. The first-order chi connectivity index (χ1) is 27.8. The third-order valence-electron chi connectivity index (χ3n) is 11.9. The summed E-state index contributed by atoms with van der Waals surface area (Å²) in [7, 11) is 0. The topological polar surface area (TPSA) is 60.4 Å². The summed E-state index contributed by atoms with van der Waals surface area (Å²) in [5.74, 6) is 0. The van der Waals surface area contributed by atoms with Gasteiger partial charge in [-0.05, 0) is 112 Å². The summed E-state index contributed by atoms with van der Waals surface area (Å²) in [4.78, 5) is 27.5. The molecule has 0 amide bonds. The Morgan fingerprint density at radius 3 is 1.02 bits per heavy atom. The molecule has 10 rings (SSSR count). The van der Waals surface area contributed by atoms with Gasteiger partial charge in [-0.3, -0.25) is 0 Å². The number of fused-ring (bicyclic) bond motifs is 8. The molecule has 0 aliphatic heterocycles. The smallest absolute Gasteiger partial charge is 0.344 e. The molecule has 2 heterocycles. The van der Waals surface area contributed by atoms with Crippen LogP contribution in [0.25, 0.3) is 98.4 Å². The third-order valence-corrected chi connectivity index (χ3v) is 11.9. The molecule has 58 heavy (non-hydrogen) atoms. The monoisotopic (exact) mass is 754 g/mol. The number of hydrogen-bond donors (Lipinski definition) is 0. The molecule has 0 fully saturated rings. The van der Waals surface area contributed by atoms with Gasteiger partial charge in [0.25, 0.3) is 0 Å². The predicted molar refractivity (Wildman–Crippen MR) is 242 cm³/mol. The molecule has 0 N–H and O–H groups in total. The zero-order valence-corrected chi connectivity index (χ0v) is 33.5. The molecular formula is C54H42O4. The van der Waals surface area contributed by atoms with Crippen LogP contribution in [0.5, 0.6) is 0 Å². The Morgan fingerprint density at radius 2 is 0.672 bits per heavy atom. The van der Waals surface area contributed by atoms with Crippen LogP contribution in [0, 0.1) is 0 Å². The Bertz CT molecular complexity index is 3230. The van der Waals surface area contributed by atoms with Gasteiger partial charge in [0.05, 0.1) is 11.1 Å². The maximum Gasteiger partial charge on any atom is 0.344 e. The lowest BCUT2D eigenvalue weighted by Gasteiger charge is -2.19. The van der Waals surface area contributed by atoms with Gasteiger partial charge in [-0.2, -0.15) is 0 Å². The minimum atomic E-state index is -0.373. The van der Waals surface area contributed by atoms with Crippen molar-refractivity contribution < 1.29 is 8.83 Å². The van der Waals surface area contributed by atoms with Crippen molar-refractivity contribution >= 4 is 65.0 Å². The van der Waals surface area contributed by atoms with Crippen LogP contribution in [0.4, 0.5) is 0 Å². The summed E-state index contributed by atoms with van der Waals surface area (Å²) in [6, 6.07) is 49.7. The zero-order valence-electron chi connectivity index (χ0n) is 33.5. The van der Waals surface area contributed by atoms with Crippen LogP contribution in [-0.2, 0) is 10.8 Å². The van der Waals surface area contributed by atoms with Gasteiger partial charge in [0.1, 0.15) is 11.2 Å². The number of hydrogen-bond acceptors (Lipinski definition) is 4. The first kappa shape index (κ1) is 35.6. The standard InChI is InChI=1S/C54H42O4/c1-53(2,3)33-21-23-35-31(27-33)19-25-49-45(35)29-47(51(55)57-49)43-17-9-13-39-37(11-7-15-41(39)43)38-12-8-16-42-40(38)14-10-18-44(42)48-30-46-36-24-22-34(54(4,5)6)28-32(36)20-26-50(46)58-52(48)56/h7-30H,1-6H3. The summed E-state index contributed by atoms with van der Waals surface area (Å²) in [6.07, 6.45) is 0. The average Bonchev–Trinajstić information content (AvgIpc) is 3.21. The van der Waals surface area contributed by atoms with Crippen molar-refractivity contribution in [2.75, 3.05) is 0 Å². The quantitative estimate of drug-likeness (QED) is 0.133. The normalized spacial score (nSPS) is 12.4. The van der Waals surface area contributed by atoms with Crippen LogP contribution in [0.15, 0.2) is 164 Å². The highest BCUT2D eigenvalue weighted by Gasteiger charge is 2.20. The lowest BCUT2D eigenvalue weighted by Crippen LogP contribution is -2.10. The van der Waals surface area contributed by atoms with Gasteiger partial charge in [-0.25, -0.2) is 9.59 Å². The Morgan fingerprint density at radius 1 is 0.328 bits per heavy atom. The van der Waals surface area contributed by atoms with Crippen LogP contribution in [0.1, 0.15) is 52.7 Å². The van der Waals surface area contributed by atoms with E-state index in [2.05, 4.69) is 114 Å². The van der Waals surface area contributed by atoms with E-state index in [0.717, 1.165) is 76.1 Å². The molecule has 0 saturated carbocycles. The van der Waals surface area contributed by atoms with Gasteiger partial charge in [0.15, 0.2) is 0 Å². The summed E-state index contributed by atoms with van der Waals surface area (Å²) in [6.45, 7) is 13.3. The minimum Gasteiger partial charge on any atom is -0.422 e. The molecule has 0 unspecified atom stereocenters. The van der Waals surface area contributed by atoms with E-state index in [1.807, 2.05) is 72.8 Å².